The molecule has 11 heteroatoms. The van der Waals surface area contributed by atoms with E-state index in [1.165, 1.54) is 0 Å². The Kier molecular flexibility index (Phi) is 11.5. The molecule has 0 saturated carbocycles. The first-order valence-electron chi connectivity index (χ1n) is 14.7. The topological polar surface area (TPSA) is 122 Å². The van der Waals surface area contributed by atoms with Crippen LogP contribution in [-0.4, -0.2) is 52.9 Å². The number of ether oxygens (including phenoxy) is 2. The summed E-state index contributed by atoms with van der Waals surface area (Å²) in [7, 11) is -2.06. The lowest BCUT2D eigenvalue weighted by molar-refractivity contribution is -0.0713. The van der Waals surface area contributed by atoms with Gasteiger partial charge < -0.3 is 29.3 Å². The molecular weight excluding hydrogens is 560 g/mol. The lowest BCUT2D eigenvalue weighted by Gasteiger charge is -2.39. The van der Waals surface area contributed by atoms with Gasteiger partial charge in [-0.3, -0.25) is 0 Å². The maximum atomic E-state index is 10.4. The SMILES string of the molecule is C#C[C@]1(CO[Si](C)(C)C(C)(C)C)O[C@@H](n2ccc3c(N)nc(Cl)nc32)C[C@@H]1CCCCCCCCCCOC(=O)O. The lowest BCUT2D eigenvalue weighted by atomic mass is 9.84. The van der Waals surface area contributed by atoms with Crippen LogP contribution in [0.5, 0.6) is 0 Å². The summed E-state index contributed by atoms with van der Waals surface area (Å²) < 4.78 is 19.9. The van der Waals surface area contributed by atoms with Gasteiger partial charge >= 0.3 is 6.16 Å². The molecule has 1 aliphatic heterocycles. The number of carbonyl (C=O) groups is 1. The Morgan fingerprint density at radius 1 is 1.22 bits per heavy atom. The van der Waals surface area contributed by atoms with Crippen LogP contribution in [0, 0.1) is 18.3 Å². The second-order valence-corrected chi connectivity index (χ2v) is 17.8. The van der Waals surface area contributed by atoms with Gasteiger partial charge in [0.2, 0.25) is 5.28 Å². The Bertz CT molecular complexity index is 1210. The highest BCUT2D eigenvalue weighted by atomic mass is 35.5. The van der Waals surface area contributed by atoms with Crippen molar-refractivity contribution in [3.05, 3.63) is 17.5 Å². The summed E-state index contributed by atoms with van der Waals surface area (Å²) in [6, 6.07) is 1.89. The Balaban J connectivity index is 1.63. The fourth-order valence-electron chi connectivity index (χ4n) is 5.17. The van der Waals surface area contributed by atoms with Crippen molar-refractivity contribution in [2.75, 3.05) is 18.9 Å². The normalized spacial score (nSPS) is 21.3. The first-order chi connectivity index (χ1) is 19.3. The number of unbranched alkanes of at least 4 members (excludes halogenated alkanes) is 7. The number of terminal acetylenes is 1. The number of carboxylic acid groups (broad SMARTS) is 1. The number of hydrogen-bond acceptors (Lipinski definition) is 7. The maximum absolute atomic E-state index is 10.4. The van der Waals surface area contributed by atoms with Gasteiger partial charge in [-0.1, -0.05) is 71.6 Å². The van der Waals surface area contributed by atoms with E-state index >= 15 is 0 Å². The number of nitrogens with two attached hydrogens (primary N) is 1. The monoisotopic (exact) mass is 606 g/mol. The molecule has 1 saturated heterocycles. The molecule has 3 N–H and O–H groups in total. The number of halogens is 1. The summed E-state index contributed by atoms with van der Waals surface area (Å²) in [5, 5.41) is 9.42. The molecular formula is C30H47ClN4O5Si. The Hall–Kier alpha value is -2.32. The van der Waals surface area contributed by atoms with Gasteiger partial charge in [0.25, 0.3) is 0 Å². The zero-order chi connectivity index (χ0) is 30.3. The zero-order valence-corrected chi connectivity index (χ0v) is 27.0. The molecule has 9 nitrogen and oxygen atoms in total. The molecule has 0 bridgehead atoms. The molecule has 0 aliphatic carbocycles. The predicted octanol–water partition coefficient (Wildman–Crippen LogP) is 7.80. The van der Waals surface area contributed by atoms with Crippen LogP contribution in [0.1, 0.15) is 91.2 Å². The van der Waals surface area contributed by atoms with Gasteiger partial charge in [0, 0.05) is 12.1 Å². The van der Waals surface area contributed by atoms with Gasteiger partial charge in [-0.15, -0.1) is 6.42 Å². The van der Waals surface area contributed by atoms with E-state index in [1.54, 1.807) is 0 Å². The minimum Gasteiger partial charge on any atom is -0.450 e. The molecule has 0 aromatic carbocycles. The van der Waals surface area contributed by atoms with Crippen molar-refractivity contribution in [1.29, 1.82) is 0 Å². The molecule has 1 fully saturated rings. The van der Waals surface area contributed by atoms with Crippen LogP contribution in [0.2, 0.25) is 23.4 Å². The third-order valence-corrected chi connectivity index (χ3v) is 13.4. The Morgan fingerprint density at radius 3 is 2.46 bits per heavy atom. The zero-order valence-electron chi connectivity index (χ0n) is 25.2. The summed E-state index contributed by atoms with van der Waals surface area (Å²) in [6.45, 7) is 11.8. The third-order valence-electron chi connectivity index (χ3n) is 8.75. The highest BCUT2D eigenvalue weighted by Crippen LogP contribution is 2.46. The Labute approximate surface area is 250 Å². The van der Waals surface area contributed by atoms with Crippen LogP contribution in [0.4, 0.5) is 10.6 Å². The summed E-state index contributed by atoms with van der Waals surface area (Å²) in [4.78, 5) is 18.9. The van der Waals surface area contributed by atoms with Crippen molar-refractivity contribution in [2.24, 2.45) is 5.92 Å². The minimum absolute atomic E-state index is 0.0569. The van der Waals surface area contributed by atoms with Crippen molar-refractivity contribution in [1.82, 2.24) is 14.5 Å². The molecule has 0 amide bonds. The summed E-state index contributed by atoms with van der Waals surface area (Å²) >= 11 is 6.15. The fourth-order valence-corrected chi connectivity index (χ4v) is 6.35. The number of aromatic nitrogens is 3. The average molecular weight is 607 g/mol. The van der Waals surface area contributed by atoms with E-state index in [0.717, 1.165) is 69.6 Å². The molecule has 2 aromatic rings. The molecule has 3 heterocycles. The highest BCUT2D eigenvalue weighted by Gasteiger charge is 2.50. The molecule has 41 heavy (non-hydrogen) atoms. The number of nitrogen functional groups attached to an aromatic ring is 1. The van der Waals surface area contributed by atoms with Crippen molar-refractivity contribution >= 4 is 42.9 Å². The largest absolute Gasteiger partial charge is 0.505 e. The molecule has 0 radical (unpaired) electrons. The van der Waals surface area contributed by atoms with Crippen LogP contribution in [-0.2, 0) is 13.9 Å². The third kappa shape index (κ3) is 8.60. The van der Waals surface area contributed by atoms with Crippen molar-refractivity contribution in [3.8, 4) is 12.3 Å². The second kappa shape index (κ2) is 14.2. The van der Waals surface area contributed by atoms with E-state index < -0.39 is 20.1 Å². The smallest absolute Gasteiger partial charge is 0.450 e. The van der Waals surface area contributed by atoms with Gasteiger partial charge in [-0.05, 0) is 55.1 Å². The number of nitrogens with zero attached hydrogens (tertiary/aromatic N) is 3. The number of hydrogen-bond donors (Lipinski definition) is 2. The fraction of sp³-hybridized carbons (Fsp3) is 0.700. The molecule has 228 valence electrons. The predicted molar refractivity (Wildman–Crippen MR) is 165 cm³/mol. The van der Waals surface area contributed by atoms with Gasteiger partial charge in [0.15, 0.2) is 13.9 Å². The lowest BCUT2D eigenvalue weighted by Crippen LogP contribution is -2.48. The van der Waals surface area contributed by atoms with E-state index in [9.17, 15) is 4.79 Å². The number of anilines is 1. The van der Waals surface area contributed by atoms with Crippen LogP contribution in [0.25, 0.3) is 11.0 Å². The van der Waals surface area contributed by atoms with Gasteiger partial charge in [-0.25, -0.2) is 9.78 Å². The number of fused-ring (bicyclic) bond motifs is 1. The summed E-state index contributed by atoms with van der Waals surface area (Å²) in [6.07, 6.45) is 16.9. The summed E-state index contributed by atoms with van der Waals surface area (Å²) in [5.41, 5.74) is 5.91. The standard InChI is InChI=1S/C30H47ClN4O5Si/c1-7-30(21-39-41(5,6)29(2,3)4)22(16-14-12-10-8-9-11-13-15-19-38-28(36)37)20-24(40-30)35-18-17-23-25(32)33-27(31)34-26(23)35/h1,17-18,22,24H,8-16,19-21H2,2-6H3,(H,36,37)(H2,32,33,34)/t22-,24+,30+/m0/s1. The molecule has 1 aliphatic rings. The summed E-state index contributed by atoms with van der Waals surface area (Å²) in [5.74, 6) is 3.51. The second-order valence-electron chi connectivity index (χ2n) is 12.7. The molecule has 3 rings (SSSR count). The molecule has 3 atom stereocenters. The van der Waals surface area contributed by atoms with E-state index in [1.807, 2.05) is 16.8 Å². The van der Waals surface area contributed by atoms with Crippen molar-refractivity contribution in [3.63, 3.8) is 0 Å². The van der Waals surface area contributed by atoms with E-state index in [4.69, 9.17) is 38.0 Å². The first kappa shape index (κ1) is 33.2. The van der Waals surface area contributed by atoms with Crippen LogP contribution in [0.3, 0.4) is 0 Å². The van der Waals surface area contributed by atoms with E-state index in [2.05, 4.69) is 54.5 Å². The molecule has 0 spiro atoms. The quantitative estimate of drug-likeness (QED) is 0.0692. The van der Waals surface area contributed by atoms with E-state index in [-0.39, 0.29) is 29.1 Å². The van der Waals surface area contributed by atoms with Crippen LogP contribution in [0.15, 0.2) is 12.3 Å². The first-order valence-corrected chi connectivity index (χ1v) is 18.0. The van der Waals surface area contributed by atoms with Crippen LogP contribution >= 0.6 is 11.6 Å². The molecule has 0 unspecified atom stereocenters. The molecule has 2 aromatic heterocycles. The van der Waals surface area contributed by atoms with Gasteiger partial charge in [-0.2, -0.15) is 4.98 Å². The van der Waals surface area contributed by atoms with Crippen LogP contribution < -0.4 is 5.73 Å². The maximum Gasteiger partial charge on any atom is 0.505 e. The van der Waals surface area contributed by atoms with Crippen molar-refractivity contribution in [2.45, 2.75) is 115 Å². The Morgan fingerprint density at radius 2 is 1.85 bits per heavy atom. The van der Waals surface area contributed by atoms with Gasteiger partial charge in [0.05, 0.1) is 18.6 Å². The van der Waals surface area contributed by atoms with Crippen molar-refractivity contribution < 1.29 is 23.8 Å². The minimum atomic E-state index is -2.06. The van der Waals surface area contributed by atoms with E-state index in [0.29, 0.717) is 18.1 Å². The highest BCUT2D eigenvalue weighted by molar-refractivity contribution is 6.74. The average Bonchev–Trinajstić information content (AvgIpc) is 3.47. The van der Waals surface area contributed by atoms with Gasteiger partial charge in [0.1, 0.15) is 17.7 Å². The number of rotatable bonds is 15.